The van der Waals surface area contributed by atoms with Gasteiger partial charge in [-0.1, -0.05) is 38.1 Å². The van der Waals surface area contributed by atoms with Crippen LogP contribution in [-0.2, 0) is 9.59 Å². The standard InChI is InChI=1S/C28H32N2O4/c1-6-34-19-13-11-18(12-14-19)25-24(27(32)30-20-9-7-8-10-23(20)33-5)17(2)29-21-15-28(3,4)16-22(31)26(21)25/h7-14,25,29H,6,15-16H2,1-5H3,(H,30,32)/t25-/m0/s1. The monoisotopic (exact) mass is 460 g/mol. The second kappa shape index (κ2) is 9.37. The quantitative estimate of drug-likeness (QED) is 0.609. The van der Waals surface area contributed by atoms with Crippen LogP contribution in [0.25, 0.3) is 0 Å². The first-order valence-corrected chi connectivity index (χ1v) is 11.6. The zero-order valence-corrected chi connectivity index (χ0v) is 20.5. The minimum Gasteiger partial charge on any atom is -0.495 e. The number of para-hydroxylation sites is 2. The average Bonchev–Trinajstić information content (AvgIpc) is 2.78. The van der Waals surface area contributed by atoms with E-state index in [2.05, 4.69) is 24.5 Å². The number of ketones is 1. The number of amides is 1. The molecule has 0 bridgehead atoms. The molecular weight excluding hydrogens is 428 g/mol. The molecule has 4 rings (SSSR count). The summed E-state index contributed by atoms with van der Waals surface area (Å²) in [5.74, 6) is 0.674. The Morgan fingerprint density at radius 3 is 2.50 bits per heavy atom. The second-order valence-electron chi connectivity index (χ2n) is 9.59. The van der Waals surface area contributed by atoms with E-state index in [-0.39, 0.29) is 17.1 Å². The van der Waals surface area contributed by atoms with E-state index in [0.29, 0.717) is 35.6 Å². The number of anilines is 1. The number of hydrogen-bond acceptors (Lipinski definition) is 5. The van der Waals surface area contributed by atoms with Crippen molar-refractivity contribution in [1.29, 1.82) is 0 Å². The fourth-order valence-corrected chi connectivity index (χ4v) is 4.93. The van der Waals surface area contributed by atoms with Gasteiger partial charge in [0, 0.05) is 34.9 Å². The molecule has 178 valence electrons. The van der Waals surface area contributed by atoms with Gasteiger partial charge in [0.25, 0.3) is 5.91 Å². The molecule has 1 heterocycles. The molecule has 1 atom stereocenters. The molecule has 0 radical (unpaired) electrons. The van der Waals surface area contributed by atoms with Crippen molar-refractivity contribution < 1.29 is 19.1 Å². The molecule has 0 saturated heterocycles. The summed E-state index contributed by atoms with van der Waals surface area (Å²) in [5, 5.41) is 6.40. The predicted molar refractivity (Wildman–Crippen MR) is 133 cm³/mol. The number of methoxy groups -OCH3 is 1. The number of ether oxygens (including phenoxy) is 2. The van der Waals surface area contributed by atoms with Crippen LogP contribution in [0, 0.1) is 5.41 Å². The van der Waals surface area contributed by atoms with Gasteiger partial charge in [-0.25, -0.2) is 0 Å². The van der Waals surface area contributed by atoms with Gasteiger partial charge in [-0.15, -0.1) is 0 Å². The van der Waals surface area contributed by atoms with E-state index in [9.17, 15) is 9.59 Å². The fraction of sp³-hybridized carbons (Fsp3) is 0.357. The van der Waals surface area contributed by atoms with Gasteiger partial charge >= 0.3 is 0 Å². The Balaban J connectivity index is 1.79. The largest absolute Gasteiger partial charge is 0.495 e. The van der Waals surface area contributed by atoms with E-state index in [0.717, 1.165) is 29.1 Å². The summed E-state index contributed by atoms with van der Waals surface area (Å²) in [5.41, 5.74) is 4.19. The van der Waals surface area contributed by atoms with Gasteiger partial charge in [-0.3, -0.25) is 9.59 Å². The molecule has 1 aliphatic heterocycles. The minimum absolute atomic E-state index is 0.0766. The molecule has 2 N–H and O–H groups in total. The van der Waals surface area contributed by atoms with Crippen molar-refractivity contribution in [3.63, 3.8) is 0 Å². The van der Waals surface area contributed by atoms with Crippen LogP contribution in [0.15, 0.2) is 71.1 Å². The van der Waals surface area contributed by atoms with Gasteiger partial charge in [0.15, 0.2) is 5.78 Å². The van der Waals surface area contributed by atoms with Crippen molar-refractivity contribution in [3.8, 4) is 11.5 Å². The van der Waals surface area contributed by atoms with Crippen LogP contribution in [0.5, 0.6) is 11.5 Å². The molecule has 0 saturated carbocycles. The molecule has 2 aromatic rings. The number of hydrogen-bond donors (Lipinski definition) is 2. The summed E-state index contributed by atoms with van der Waals surface area (Å²) in [6, 6.07) is 15.0. The van der Waals surface area contributed by atoms with Crippen LogP contribution < -0.4 is 20.1 Å². The lowest BCUT2D eigenvalue weighted by Gasteiger charge is -2.39. The smallest absolute Gasteiger partial charge is 0.254 e. The van der Waals surface area contributed by atoms with Crippen LogP contribution in [0.2, 0.25) is 0 Å². The Kier molecular flexibility index (Phi) is 6.51. The molecule has 34 heavy (non-hydrogen) atoms. The molecule has 1 aliphatic carbocycles. The third kappa shape index (κ3) is 4.58. The Morgan fingerprint density at radius 1 is 1.12 bits per heavy atom. The molecule has 2 aromatic carbocycles. The van der Waals surface area contributed by atoms with E-state index >= 15 is 0 Å². The van der Waals surface area contributed by atoms with Gasteiger partial charge in [-0.05, 0) is 55.5 Å². The Bertz CT molecular complexity index is 1180. The topological polar surface area (TPSA) is 76.7 Å². The van der Waals surface area contributed by atoms with Crippen LogP contribution in [0.4, 0.5) is 5.69 Å². The highest BCUT2D eigenvalue weighted by Crippen LogP contribution is 2.47. The van der Waals surface area contributed by atoms with Crippen LogP contribution in [0.1, 0.15) is 52.0 Å². The van der Waals surface area contributed by atoms with Crippen LogP contribution in [0.3, 0.4) is 0 Å². The molecule has 1 amide bonds. The summed E-state index contributed by atoms with van der Waals surface area (Å²) in [6.45, 7) is 8.61. The Labute approximate surface area is 201 Å². The number of rotatable bonds is 6. The maximum atomic E-state index is 13.7. The number of nitrogens with one attached hydrogen (secondary N) is 2. The highest BCUT2D eigenvalue weighted by atomic mass is 16.5. The van der Waals surface area contributed by atoms with E-state index in [4.69, 9.17) is 9.47 Å². The lowest BCUT2D eigenvalue weighted by molar-refractivity contribution is -0.118. The molecule has 2 aliphatic rings. The Morgan fingerprint density at radius 2 is 1.82 bits per heavy atom. The maximum absolute atomic E-state index is 13.7. The summed E-state index contributed by atoms with van der Waals surface area (Å²) in [4.78, 5) is 27.1. The van der Waals surface area contributed by atoms with E-state index in [1.165, 1.54) is 0 Å². The summed E-state index contributed by atoms with van der Waals surface area (Å²) < 4.78 is 11.0. The van der Waals surface area contributed by atoms with Crippen molar-refractivity contribution in [2.45, 2.75) is 46.5 Å². The molecule has 0 fully saturated rings. The predicted octanol–water partition coefficient (Wildman–Crippen LogP) is 5.34. The highest BCUT2D eigenvalue weighted by molar-refractivity contribution is 6.10. The molecule has 0 spiro atoms. The van der Waals surface area contributed by atoms with Gasteiger partial charge in [0.2, 0.25) is 0 Å². The zero-order valence-electron chi connectivity index (χ0n) is 20.5. The average molecular weight is 461 g/mol. The molecule has 0 aromatic heterocycles. The first kappa shape index (κ1) is 23.6. The Hall–Kier alpha value is -3.54. The van der Waals surface area contributed by atoms with Crippen LogP contribution in [-0.4, -0.2) is 25.4 Å². The van der Waals surface area contributed by atoms with Crippen LogP contribution >= 0.6 is 0 Å². The van der Waals surface area contributed by atoms with E-state index in [1.807, 2.05) is 50.2 Å². The summed E-state index contributed by atoms with van der Waals surface area (Å²) >= 11 is 0. The molecule has 6 heteroatoms. The summed E-state index contributed by atoms with van der Waals surface area (Å²) in [7, 11) is 1.57. The van der Waals surface area contributed by atoms with E-state index < -0.39 is 5.92 Å². The number of allylic oxidation sites excluding steroid dienone is 3. The van der Waals surface area contributed by atoms with Crippen molar-refractivity contribution in [2.75, 3.05) is 19.0 Å². The van der Waals surface area contributed by atoms with Crippen molar-refractivity contribution in [1.82, 2.24) is 5.32 Å². The first-order chi connectivity index (χ1) is 16.2. The zero-order chi connectivity index (χ0) is 24.5. The second-order valence-corrected chi connectivity index (χ2v) is 9.59. The SMILES string of the molecule is CCOc1ccc([C@H]2C(C(=O)Nc3ccccc3OC)=C(C)NC3=C2C(=O)CC(C)(C)C3)cc1. The lowest BCUT2D eigenvalue weighted by atomic mass is 9.68. The number of Topliss-reactive ketones (excluding diaryl/α,β-unsaturated/α-hetero) is 1. The highest BCUT2D eigenvalue weighted by Gasteiger charge is 2.42. The molecular formula is C28H32N2O4. The summed E-state index contributed by atoms with van der Waals surface area (Å²) in [6.07, 6.45) is 1.20. The van der Waals surface area contributed by atoms with E-state index in [1.54, 1.807) is 19.2 Å². The van der Waals surface area contributed by atoms with Crippen molar-refractivity contribution >= 4 is 17.4 Å². The minimum atomic E-state index is -0.467. The van der Waals surface area contributed by atoms with Crippen molar-refractivity contribution in [2.24, 2.45) is 5.41 Å². The number of benzene rings is 2. The maximum Gasteiger partial charge on any atom is 0.254 e. The number of dihydropyridines is 1. The molecule has 6 nitrogen and oxygen atoms in total. The third-order valence-corrected chi connectivity index (χ3v) is 6.36. The number of carbonyl (C=O) groups is 2. The fourth-order valence-electron chi connectivity index (χ4n) is 4.93. The van der Waals surface area contributed by atoms with Crippen molar-refractivity contribution in [3.05, 3.63) is 76.6 Å². The lowest BCUT2D eigenvalue weighted by Crippen LogP contribution is -2.39. The van der Waals surface area contributed by atoms with Gasteiger partial charge < -0.3 is 20.1 Å². The van der Waals surface area contributed by atoms with Gasteiger partial charge in [0.05, 0.1) is 19.4 Å². The molecule has 0 unspecified atom stereocenters. The third-order valence-electron chi connectivity index (χ3n) is 6.36. The number of carbonyl (C=O) groups excluding carboxylic acids is 2. The first-order valence-electron chi connectivity index (χ1n) is 11.6. The van der Waals surface area contributed by atoms with Gasteiger partial charge in [-0.2, -0.15) is 0 Å². The van der Waals surface area contributed by atoms with Gasteiger partial charge in [0.1, 0.15) is 11.5 Å². The normalized spacial score (nSPS) is 19.3.